The standard InChI is InChI=1S/C11H13N2O5P/c1-2-6-17-19(16)18-8-5-3-4-7-9(8)13-11(15)10(14)12-7/h3-5,19H,2,6H2,1H3,(H,12,14)(H,13,15). The highest BCUT2D eigenvalue weighted by Crippen LogP contribution is 2.31. The lowest BCUT2D eigenvalue weighted by Crippen LogP contribution is -2.28. The lowest BCUT2D eigenvalue weighted by Gasteiger charge is -2.08. The van der Waals surface area contributed by atoms with E-state index in [0.29, 0.717) is 12.1 Å². The first-order valence-corrected chi connectivity index (χ1v) is 6.94. The van der Waals surface area contributed by atoms with Crippen molar-refractivity contribution in [3.05, 3.63) is 38.9 Å². The Kier molecular flexibility index (Phi) is 4.19. The highest BCUT2D eigenvalue weighted by Gasteiger charge is 2.08. The fourth-order valence-electron chi connectivity index (χ4n) is 1.50. The molecule has 0 aliphatic rings. The molecule has 1 atom stereocenters. The molecule has 0 spiro atoms. The molecule has 0 fully saturated rings. The second-order valence-corrected chi connectivity index (χ2v) is 4.78. The summed E-state index contributed by atoms with van der Waals surface area (Å²) in [4.78, 5) is 27.3. The van der Waals surface area contributed by atoms with E-state index < -0.39 is 19.4 Å². The van der Waals surface area contributed by atoms with Gasteiger partial charge in [-0.3, -0.25) is 9.59 Å². The normalized spacial score (nSPS) is 12.5. The van der Waals surface area contributed by atoms with Crippen molar-refractivity contribution in [1.82, 2.24) is 9.97 Å². The molecule has 1 aromatic heterocycles. The number of aromatic amines is 2. The van der Waals surface area contributed by atoms with Gasteiger partial charge in [0.15, 0.2) is 5.75 Å². The SMILES string of the molecule is CCCO[PH](=O)Oc1cccc2[nH]c(=O)c(=O)[nH]c12. The van der Waals surface area contributed by atoms with Crippen LogP contribution < -0.4 is 15.6 Å². The van der Waals surface area contributed by atoms with E-state index in [1.54, 1.807) is 12.1 Å². The molecule has 7 nitrogen and oxygen atoms in total. The van der Waals surface area contributed by atoms with E-state index in [1.807, 2.05) is 6.92 Å². The maximum absolute atomic E-state index is 11.5. The van der Waals surface area contributed by atoms with Crippen LogP contribution in [-0.2, 0) is 9.09 Å². The van der Waals surface area contributed by atoms with Crippen LogP contribution in [-0.4, -0.2) is 16.6 Å². The molecule has 8 heteroatoms. The van der Waals surface area contributed by atoms with E-state index >= 15 is 0 Å². The molecule has 0 saturated carbocycles. The Balaban J connectivity index is 2.38. The second-order valence-electron chi connectivity index (χ2n) is 3.79. The molecule has 0 aliphatic carbocycles. The molecule has 1 aromatic carbocycles. The zero-order chi connectivity index (χ0) is 13.8. The van der Waals surface area contributed by atoms with Gasteiger partial charge in [-0.25, -0.2) is 4.57 Å². The van der Waals surface area contributed by atoms with Gasteiger partial charge >= 0.3 is 19.4 Å². The molecular weight excluding hydrogens is 271 g/mol. The zero-order valence-corrected chi connectivity index (χ0v) is 11.2. The molecule has 0 aliphatic heterocycles. The minimum absolute atomic E-state index is 0.200. The van der Waals surface area contributed by atoms with Crippen molar-refractivity contribution < 1.29 is 13.6 Å². The van der Waals surface area contributed by atoms with Gasteiger partial charge in [-0.05, 0) is 18.6 Å². The topological polar surface area (TPSA) is 101 Å². The molecule has 19 heavy (non-hydrogen) atoms. The van der Waals surface area contributed by atoms with Gasteiger partial charge in [0.05, 0.1) is 12.1 Å². The summed E-state index contributed by atoms with van der Waals surface area (Å²) in [5.41, 5.74) is -0.866. The number of rotatable bonds is 5. The molecule has 1 heterocycles. The smallest absolute Gasteiger partial charge is 0.367 e. The van der Waals surface area contributed by atoms with Gasteiger partial charge in [-0.15, -0.1) is 0 Å². The third-order valence-electron chi connectivity index (χ3n) is 2.34. The molecule has 0 radical (unpaired) electrons. The lowest BCUT2D eigenvalue weighted by molar-refractivity contribution is 0.287. The van der Waals surface area contributed by atoms with Crippen LogP contribution >= 0.6 is 8.25 Å². The summed E-state index contributed by atoms with van der Waals surface area (Å²) in [6, 6.07) is 4.75. The number of hydrogen-bond donors (Lipinski definition) is 2. The Morgan fingerprint density at radius 1 is 1.21 bits per heavy atom. The van der Waals surface area contributed by atoms with Crippen molar-refractivity contribution in [1.29, 1.82) is 0 Å². The number of H-pyrrole nitrogens is 2. The van der Waals surface area contributed by atoms with Crippen LogP contribution in [0.2, 0.25) is 0 Å². The zero-order valence-electron chi connectivity index (χ0n) is 10.2. The minimum atomic E-state index is -2.68. The number of nitrogens with one attached hydrogen (secondary N) is 2. The van der Waals surface area contributed by atoms with E-state index in [4.69, 9.17) is 9.05 Å². The van der Waals surface area contributed by atoms with E-state index in [1.165, 1.54) is 6.07 Å². The molecular formula is C11H13N2O5P. The Hall–Kier alpha value is -1.85. The maximum atomic E-state index is 11.5. The van der Waals surface area contributed by atoms with Gasteiger partial charge in [-0.1, -0.05) is 13.0 Å². The summed E-state index contributed by atoms with van der Waals surface area (Å²) in [7, 11) is -2.68. The van der Waals surface area contributed by atoms with Crippen molar-refractivity contribution in [2.45, 2.75) is 13.3 Å². The number of benzene rings is 1. The van der Waals surface area contributed by atoms with E-state index in [0.717, 1.165) is 6.42 Å². The van der Waals surface area contributed by atoms with E-state index in [9.17, 15) is 14.2 Å². The van der Waals surface area contributed by atoms with Crippen molar-refractivity contribution in [3.63, 3.8) is 0 Å². The fraction of sp³-hybridized carbons (Fsp3) is 0.273. The molecule has 1 unspecified atom stereocenters. The summed E-state index contributed by atoms with van der Waals surface area (Å²) in [6.45, 7) is 2.21. The predicted molar refractivity (Wildman–Crippen MR) is 71.1 cm³/mol. The molecule has 0 saturated heterocycles. The number of hydrogen-bond acceptors (Lipinski definition) is 5. The van der Waals surface area contributed by atoms with E-state index in [-0.39, 0.29) is 11.3 Å². The minimum Gasteiger partial charge on any atom is -0.424 e. The average molecular weight is 284 g/mol. The molecule has 102 valence electrons. The largest absolute Gasteiger partial charge is 0.424 e. The van der Waals surface area contributed by atoms with Crippen LogP contribution in [0.25, 0.3) is 11.0 Å². The molecule has 2 rings (SSSR count). The first kappa shape index (κ1) is 13.6. The van der Waals surface area contributed by atoms with Crippen molar-refractivity contribution in [2.24, 2.45) is 0 Å². The molecule has 2 aromatic rings. The van der Waals surface area contributed by atoms with Crippen LogP contribution in [0.5, 0.6) is 5.75 Å². The van der Waals surface area contributed by atoms with Crippen LogP contribution in [0.1, 0.15) is 13.3 Å². The van der Waals surface area contributed by atoms with Gasteiger partial charge in [0.2, 0.25) is 0 Å². The summed E-state index contributed by atoms with van der Waals surface area (Å²) < 4.78 is 21.7. The Morgan fingerprint density at radius 3 is 2.68 bits per heavy atom. The highest BCUT2D eigenvalue weighted by atomic mass is 31.1. The predicted octanol–water partition coefficient (Wildman–Crippen LogP) is 1.41. The summed E-state index contributed by atoms with van der Waals surface area (Å²) >= 11 is 0. The van der Waals surface area contributed by atoms with Gasteiger partial charge in [-0.2, -0.15) is 0 Å². The van der Waals surface area contributed by atoms with Crippen LogP contribution in [0.4, 0.5) is 0 Å². The maximum Gasteiger partial charge on any atom is 0.367 e. The quantitative estimate of drug-likeness (QED) is 0.638. The van der Waals surface area contributed by atoms with Crippen LogP contribution in [0.15, 0.2) is 27.8 Å². The van der Waals surface area contributed by atoms with Crippen LogP contribution in [0, 0.1) is 0 Å². The summed E-state index contributed by atoms with van der Waals surface area (Å²) in [6.07, 6.45) is 0.722. The first-order chi connectivity index (χ1) is 9.11. The number of fused-ring (bicyclic) bond motifs is 1. The Morgan fingerprint density at radius 2 is 1.95 bits per heavy atom. The lowest BCUT2D eigenvalue weighted by atomic mass is 10.3. The number of para-hydroxylation sites is 1. The summed E-state index contributed by atoms with van der Waals surface area (Å²) in [5, 5.41) is 0. The third-order valence-corrected chi connectivity index (χ3v) is 3.16. The van der Waals surface area contributed by atoms with Gasteiger partial charge in [0, 0.05) is 0 Å². The fourth-order valence-corrected chi connectivity index (χ4v) is 2.28. The summed E-state index contributed by atoms with van der Waals surface area (Å²) in [5.74, 6) is 0.200. The molecule has 2 N–H and O–H groups in total. The molecule has 0 bridgehead atoms. The highest BCUT2D eigenvalue weighted by molar-refractivity contribution is 7.33. The van der Waals surface area contributed by atoms with Gasteiger partial charge in [0.1, 0.15) is 5.52 Å². The van der Waals surface area contributed by atoms with Crippen LogP contribution in [0.3, 0.4) is 0 Å². The Bertz CT molecular complexity index is 721. The van der Waals surface area contributed by atoms with Crippen molar-refractivity contribution >= 4 is 19.3 Å². The second kappa shape index (κ2) is 5.86. The average Bonchev–Trinajstić information content (AvgIpc) is 2.38. The van der Waals surface area contributed by atoms with Crippen molar-refractivity contribution in [3.8, 4) is 5.75 Å². The van der Waals surface area contributed by atoms with Crippen molar-refractivity contribution in [2.75, 3.05) is 6.61 Å². The van der Waals surface area contributed by atoms with Gasteiger partial charge < -0.3 is 19.0 Å². The Labute approximate surface area is 108 Å². The number of aromatic nitrogens is 2. The first-order valence-electron chi connectivity index (χ1n) is 5.71. The van der Waals surface area contributed by atoms with Gasteiger partial charge in [0.25, 0.3) is 0 Å². The third kappa shape index (κ3) is 3.13. The monoisotopic (exact) mass is 284 g/mol. The molecule has 0 amide bonds. The van der Waals surface area contributed by atoms with E-state index in [2.05, 4.69) is 9.97 Å².